The molecule has 0 aromatic heterocycles. The summed E-state index contributed by atoms with van der Waals surface area (Å²) in [7, 11) is 0. The van der Waals surface area contributed by atoms with Crippen molar-refractivity contribution in [2.24, 2.45) is 5.92 Å². The van der Waals surface area contributed by atoms with Gasteiger partial charge in [0, 0.05) is 17.4 Å². The Balaban J connectivity index is 0.00000220. The van der Waals surface area contributed by atoms with Crippen molar-refractivity contribution in [2.45, 2.75) is 32.2 Å². The van der Waals surface area contributed by atoms with Gasteiger partial charge < -0.3 is 5.11 Å². The van der Waals surface area contributed by atoms with Gasteiger partial charge in [-0.2, -0.15) is 0 Å². The zero-order valence-electron chi connectivity index (χ0n) is 11.7. The fourth-order valence-electron chi connectivity index (χ4n) is 2.72. The lowest BCUT2D eigenvalue weighted by atomic mass is 9.97. The first-order chi connectivity index (χ1) is 9.54. The Hall–Kier alpha value is -0.650. The van der Waals surface area contributed by atoms with Crippen LogP contribution in [-0.4, -0.2) is 29.1 Å². The van der Waals surface area contributed by atoms with E-state index in [1.54, 1.807) is 6.07 Å². The highest BCUT2D eigenvalue weighted by Crippen LogP contribution is 2.24. The Morgan fingerprint density at radius 2 is 2.14 bits per heavy atom. The maximum atomic E-state index is 13.1. The third kappa shape index (κ3) is 5.93. The molecule has 1 unspecified atom stereocenters. The minimum Gasteiger partial charge on any atom is -0.481 e. The van der Waals surface area contributed by atoms with E-state index < -0.39 is 5.97 Å². The minimum absolute atomic E-state index is 0. The van der Waals surface area contributed by atoms with Gasteiger partial charge >= 0.3 is 5.97 Å². The van der Waals surface area contributed by atoms with Crippen molar-refractivity contribution in [2.75, 3.05) is 13.1 Å². The second-order valence-corrected chi connectivity index (χ2v) is 6.26. The smallest absolute Gasteiger partial charge is 0.303 e. The van der Waals surface area contributed by atoms with Crippen LogP contribution in [0.2, 0.25) is 0 Å². The third-order valence-electron chi connectivity index (χ3n) is 3.81. The Morgan fingerprint density at radius 3 is 2.81 bits per heavy atom. The van der Waals surface area contributed by atoms with Gasteiger partial charge in [-0.05, 0) is 56.0 Å². The van der Waals surface area contributed by atoms with E-state index in [1.807, 2.05) is 0 Å². The van der Waals surface area contributed by atoms with E-state index in [-0.39, 0.29) is 30.6 Å². The van der Waals surface area contributed by atoms with Crippen LogP contribution in [-0.2, 0) is 11.3 Å². The highest BCUT2D eigenvalue weighted by atomic mass is 79.9. The predicted molar refractivity (Wildman–Crippen MR) is 86.2 cm³/mol. The number of hydrogen-bond donors (Lipinski definition) is 1. The summed E-state index contributed by atoms with van der Waals surface area (Å²) in [5.74, 6) is -0.656. The topological polar surface area (TPSA) is 40.5 Å². The number of carboxylic acids is 1. The van der Waals surface area contributed by atoms with E-state index in [2.05, 4.69) is 20.8 Å². The molecule has 1 fully saturated rings. The maximum Gasteiger partial charge on any atom is 0.303 e. The van der Waals surface area contributed by atoms with E-state index >= 15 is 0 Å². The first kappa shape index (κ1) is 18.4. The SMILES string of the molecule is Cl.O=C(O)CC1CCCN(Cc2ccc(F)cc2Br)CC1. The van der Waals surface area contributed by atoms with Crippen molar-refractivity contribution >= 4 is 34.3 Å². The maximum absolute atomic E-state index is 13.1. The van der Waals surface area contributed by atoms with Gasteiger partial charge in [-0.15, -0.1) is 12.4 Å². The van der Waals surface area contributed by atoms with Gasteiger partial charge in [0.05, 0.1) is 0 Å². The van der Waals surface area contributed by atoms with Crippen LogP contribution in [0.5, 0.6) is 0 Å². The molecule has 0 radical (unpaired) electrons. The number of carbonyl (C=O) groups is 1. The lowest BCUT2D eigenvalue weighted by Gasteiger charge is -2.20. The van der Waals surface area contributed by atoms with E-state index in [1.165, 1.54) is 12.1 Å². The van der Waals surface area contributed by atoms with E-state index in [9.17, 15) is 9.18 Å². The fourth-order valence-corrected chi connectivity index (χ4v) is 3.20. The molecular formula is C15H20BrClFNO2. The molecule has 1 aliphatic heterocycles. The summed E-state index contributed by atoms with van der Waals surface area (Å²) in [4.78, 5) is 13.1. The van der Waals surface area contributed by atoms with Crippen LogP contribution in [0.3, 0.4) is 0 Å². The van der Waals surface area contributed by atoms with Gasteiger partial charge in [-0.25, -0.2) is 4.39 Å². The fraction of sp³-hybridized carbons (Fsp3) is 0.533. The van der Waals surface area contributed by atoms with Gasteiger partial charge in [-0.1, -0.05) is 22.0 Å². The van der Waals surface area contributed by atoms with E-state index in [0.717, 1.165) is 48.9 Å². The number of benzene rings is 1. The van der Waals surface area contributed by atoms with Gasteiger partial charge in [0.2, 0.25) is 0 Å². The number of aliphatic carboxylic acids is 1. The predicted octanol–water partition coefficient (Wildman–Crippen LogP) is 4.09. The lowest BCUT2D eigenvalue weighted by molar-refractivity contribution is -0.138. The largest absolute Gasteiger partial charge is 0.481 e. The Labute approximate surface area is 139 Å². The molecule has 2 rings (SSSR count). The number of hydrogen-bond acceptors (Lipinski definition) is 2. The molecule has 1 saturated heterocycles. The van der Waals surface area contributed by atoms with Crippen molar-refractivity contribution in [1.29, 1.82) is 0 Å². The van der Waals surface area contributed by atoms with Crippen LogP contribution in [0, 0.1) is 11.7 Å². The standard InChI is InChI=1S/C15H19BrFNO2.ClH/c16-14-9-13(17)4-3-12(14)10-18-6-1-2-11(5-7-18)8-15(19)20;/h3-4,9,11H,1-2,5-8,10H2,(H,19,20);1H. The Bertz CT molecular complexity index is 487. The van der Waals surface area contributed by atoms with Crippen LogP contribution in [0.1, 0.15) is 31.2 Å². The number of carboxylic acid groups (broad SMARTS) is 1. The Kier molecular flexibility index (Phi) is 7.63. The first-order valence-corrected chi connectivity index (χ1v) is 7.72. The summed E-state index contributed by atoms with van der Waals surface area (Å²) in [6.45, 7) is 2.66. The van der Waals surface area contributed by atoms with Crippen LogP contribution in [0.4, 0.5) is 4.39 Å². The zero-order chi connectivity index (χ0) is 14.5. The molecule has 1 N–H and O–H groups in total. The molecule has 3 nitrogen and oxygen atoms in total. The number of halogens is 3. The summed E-state index contributed by atoms with van der Waals surface area (Å²) in [6, 6.07) is 4.77. The van der Waals surface area contributed by atoms with Gasteiger partial charge in [0.25, 0.3) is 0 Å². The zero-order valence-corrected chi connectivity index (χ0v) is 14.1. The normalized spacial score (nSPS) is 19.6. The van der Waals surface area contributed by atoms with Crippen molar-refractivity contribution in [3.63, 3.8) is 0 Å². The summed E-state index contributed by atoms with van der Waals surface area (Å²) in [5.41, 5.74) is 1.07. The lowest BCUT2D eigenvalue weighted by Crippen LogP contribution is -2.24. The summed E-state index contributed by atoms with van der Waals surface area (Å²) in [5, 5.41) is 8.87. The molecule has 0 saturated carbocycles. The molecule has 0 amide bonds. The molecule has 1 aromatic carbocycles. The highest BCUT2D eigenvalue weighted by molar-refractivity contribution is 9.10. The van der Waals surface area contributed by atoms with Crippen LogP contribution < -0.4 is 0 Å². The van der Waals surface area contributed by atoms with Crippen molar-refractivity contribution in [1.82, 2.24) is 4.90 Å². The molecule has 1 heterocycles. The van der Waals surface area contributed by atoms with Gasteiger partial charge in [0.15, 0.2) is 0 Å². The van der Waals surface area contributed by atoms with Crippen molar-refractivity contribution in [3.05, 3.63) is 34.1 Å². The molecule has 1 aliphatic rings. The molecule has 0 spiro atoms. The van der Waals surface area contributed by atoms with E-state index in [4.69, 9.17) is 5.11 Å². The van der Waals surface area contributed by atoms with Gasteiger partial charge in [-0.3, -0.25) is 9.69 Å². The number of likely N-dealkylation sites (tertiary alicyclic amines) is 1. The minimum atomic E-state index is -0.704. The third-order valence-corrected chi connectivity index (χ3v) is 4.55. The molecule has 1 atom stereocenters. The van der Waals surface area contributed by atoms with Crippen LogP contribution >= 0.6 is 28.3 Å². The summed E-state index contributed by atoms with van der Waals surface area (Å²) >= 11 is 3.39. The molecule has 0 bridgehead atoms. The summed E-state index contributed by atoms with van der Waals surface area (Å²) in [6.07, 6.45) is 3.20. The van der Waals surface area contributed by atoms with Crippen molar-refractivity contribution in [3.8, 4) is 0 Å². The average Bonchev–Trinajstić information content (AvgIpc) is 2.58. The summed E-state index contributed by atoms with van der Waals surface area (Å²) < 4.78 is 13.9. The molecule has 0 aliphatic carbocycles. The van der Waals surface area contributed by atoms with Crippen molar-refractivity contribution < 1.29 is 14.3 Å². The molecule has 6 heteroatoms. The molecule has 118 valence electrons. The highest BCUT2D eigenvalue weighted by Gasteiger charge is 2.19. The van der Waals surface area contributed by atoms with Crippen LogP contribution in [0.25, 0.3) is 0 Å². The Morgan fingerprint density at radius 1 is 1.38 bits per heavy atom. The first-order valence-electron chi connectivity index (χ1n) is 6.92. The second kappa shape index (κ2) is 8.71. The average molecular weight is 381 g/mol. The quantitative estimate of drug-likeness (QED) is 0.855. The van der Waals surface area contributed by atoms with E-state index in [0.29, 0.717) is 0 Å². The number of rotatable bonds is 4. The molecule has 1 aromatic rings. The number of nitrogens with zero attached hydrogens (tertiary/aromatic N) is 1. The van der Waals surface area contributed by atoms with Gasteiger partial charge in [0.1, 0.15) is 5.82 Å². The van der Waals surface area contributed by atoms with Crippen LogP contribution in [0.15, 0.2) is 22.7 Å². The molecule has 21 heavy (non-hydrogen) atoms. The monoisotopic (exact) mass is 379 g/mol. The molecular weight excluding hydrogens is 361 g/mol. The second-order valence-electron chi connectivity index (χ2n) is 5.41.